The topological polar surface area (TPSA) is 81.0 Å². The number of aliphatic imine (C=N–C) groups is 1. The zero-order valence-corrected chi connectivity index (χ0v) is 16.6. The number of fused-ring (bicyclic) bond motifs is 1. The van der Waals surface area contributed by atoms with Crippen LogP contribution in [-0.2, 0) is 33.8 Å². The maximum Gasteiger partial charge on any atom is 0.219 e. The molecule has 6 nitrogen and oxygen atoms in total. The van der Waals surface area contributed by atoms with Gasteiger partial charge < -0.3 is 14.6 Å². The van der Waals surface area contributed by atoms with Gasteiger partial charge in [0, 0.05) is 25.0 Å². The van der Waals surface area contributed by atoms with E-state index in [1.165, 1.54) is 0 Å². The molecule has 29 heavy (non-hydrogen) atoms. The number of hydrogen-bond donors (Lipinski definition) is 1. The first-order valence-electron chi connectivity index (χ1n) is 10.1. The zero-order valence-electron chi connectivity index (χ0n) is 16.6. The average molecular weight is 394 g/mol. The van der Waals surface area contributed by atoms with E-state index in [1.807, 2.05) is 36.4 Å². The maximum atomic E-state index is 12.6. The molecule has 0 aliphatic carbocycles. The van der Waals surface area contributed by atoms with E-state index in [0.717, 1.165) is 23.1 Å². The normalized spacial score (nSPS) is 19.0. The van der Waals surface area contributed by atoms with Crippen molar-refractivity contribution >= 4 is 11.7 Å². The summed E-state index contributed by atoms with van der Waals surface area (Å²) in [5.41, 5.74) is 4.09. The number of aliphatic hydroxyl groups excluding tert-OH is 1. The van der Waals surface area contributed by atoms with Crippen molar-refractivity contribution in [2.24, 2.45) is 4.99 Å². The van der Waals surface area contributed by atoms with E-state index in [4.69, 9.17) is 9.47 Å². The maximum absolute atomic E-state index is 12.6. The largest absolute Gasteiger partial charge is 0.472 e. The Morgan fingerprint density at radius 1 is 1.34 bits per heavy atom. The number of aromatic nitrogens is 1. The number of carbonyl (C=O) groups is 1. The fourth-order valence-corrected chi connectivity index (χ4v) is 3.92. The van der Waals surface area contributed by atoms with Gasteiger partial charge in [0.05, 0.1) is 37.6 Å². The smallest absolute Gasteiger partial charge is 0.219 e. The van der Waals surface area contributed by atoms with Gasteiger partial charge in [-0.25, -0.2) is 4.99 Å². The Labute approximate surface area is 170 Å². The number of benzene rings is 1. The van der Waals surface area contributed by atoms with Gasteiger partial charge in [-0.1, -0.05) is 37.3 Å². The molecule has 6 heteroatoms. The van der Waals surface area contributed by atoms with Gasteiger partial charge in [0.2, 0.25) is 5.90 Å². The molecule has 3 heterocycles. The van der Waals surface area contributed by atoms with Crippen LogP contribution in [0, 0.1) is 0 Å². The molecular weight excluding hydrogens is 368 g/mol. The lowest BCUT2D eigenvalue weighted by Crippen LogP contribution is -2.20. The highest BCUT2D eigenvalue weighted by Crippen LogP contribution is 2.26. The molecule has 0 saturated carbocycles. The lowest BCUT2D eigenvalue weighted by Gasteiger charge is -2.15. The number of nitrogens with zero attached hydrogens (tertiary/aromatic N) is 2. The van der Waals surface area contributed by atoms with Gasteiger partial charge in [0.25, 0.3) is 0 Å². The predicted molar refractivity (Wildman–Crippen MR) is 109 cm³/mol. The molecule has 1 fully saturated rings. The molecule has 0 radical (unpaired) electrons. The molecule has 0 spiro atoms. The Balaban J connectivity index is 1.45. The van der Waals surface area contributed by atoms with E-state index in [1.54, 1.807) is 0 Å². The van der Waals surface area contributed by atoms with Crippen molar-refractivity contribution in [1.29, 1.82) is 0 Å². The highest BCUT2D eigenvalue weighted by Gasteiger charge is 2.27. The average Bonchev–Trinajstić information content (AvgIpc) is 3.38. The van der Waals surface area contributed by atoms with Crippen LogP contribution in [0.4, 0.5) is 0 Å². The Hall–Kier alpha value is -2.57. The van der Waals surface area contributed by atoms with Crippen LogP contribution in [0.2, 0.25) is 0 Å². The molecule has 2 aliphatic rings. The summed E-state index contributed by atoms with van der Waals surface area (Å²) in [7, 11) is 0. The van der Waals surface area contributed by atoms with Gasteiger partial charge in [0.1, 0.15) is 11.9 Å². The summed E-state index contributed by atoms with van der Waals surface area (Å²) < 4.78 is 11.3. The molecule has 1 aromatic carbocycles. The number of ether oxygens (including phenoxy) is 2. The van der Waals surface area contributed by atoms with E-state index in [9.17, 15) is 9.90 Å². The third kappa shape index (κ3) is 4.54. The monoisotopic (exact) mass is 394 g/mol. The number of aliphatic hydroxyl groups is 1. The molecule has 2 aliphatic heterocycles. The van der Waals surface area contributed by atoms with Crippen LogP contribution in [0.3, 0.4) is 0 Å². The number of pyridine rings is 1. The second-order valence-corrected chi connectivity index (χ2v) is 7.71. The van der Waals surface area contributed by atoms with Gasteiger partial charge >= 0.3 is 0 Å². The van der Waals surface area contributed by atoms with Crippen molar-refractivity contribution in [2.45, 2.75) is 51.4 Å². The van der Waals surface area contributed by atoms with Crippen LogP contribution < -0.4 is 0 Å². The van der Waals surface area contributed by atoms with Gasteiger partial charge in [-0.15, -0.1) is 0 Å². The summed E-state index contributed by atoms with van der Waals surface area (Å²) in [6.45, 7) is 3.58. The number of Topliss-reactive ketones (excluding diaryl/α,β-unsaturated/α-hetero) is 1. The van der Waals surface area contributed by atoms with E-state index in [0.29, 0.717) is 43.5 Å². The van der Waals surface area contributed by atoms with Gasteiger partial charge in [-0.3, -0.25) is 9.78 Å². The summed E-state index contributed by atoms with van der Waals surface area (Å²) >= 11 is 0. The summed E-state index contributed by atoms with van der Waals surface area (Å²) in [6.07, 6.45) is 1.54. The summed E-state index contributed by atoms with van der Waals surface area (Å²) in [4.78, 5) is 21.7. The van der Waals surface area contributed by atoms with Crippen LogP contribution in [-0.4, -0.2) is 41.1 Å². The van der Waals surface area contributed by atoms with Gasteiger partial charge in [-0.05, 0) is 23.1 Å². The standard InChI is InChI=1S/C23H26N2O4/c1-15(16-5-3-2-4-6-16)9-19(27)11-18-10-17-12-24-23(22(17)21(13-26)25-18)29-20-7-8-28-14-20/h2-6,10,15,20,26H,7-9,11-14H2,1H3/t15-,20?/m0/s1. The Morgan fingerprint density at radius 2 is 2.17 bits per heavy atom. The summed E-state index contributed by atoms with van der Waals surface area (Å²) in [5, 5.41) is 9.85. The van der Waals surface area contributed by atoms with E-state index >= 15 is 0 Å². The molecule has 1 aromatic heterocycles. The number of carbonyl (C=O) groups excluding carboxylic acids is 1. The van der Waals surface area contributed by atoms with Crippen LogP contribution in [0.1, 0.15) is 53.8 Å². The van der Waals surface area contributed by atoms with Gasteiger partial charge in [0.15, 0.2) is 0 Å². The summed E-state index contributed by atoms with van der Waals surface area (Å²) in [5.74, 6) is 0.825. The number of ketones is 1. The minimum Gasteiger partial charge on any atom is -0.472 e. The molecule has 0 amide bonds. The molecule has 152 valence electrons. The lowest BCUT2D eigenvalue weighted by molar-refractivity contribution is -0.118. The predicted octanol–water partition coefficient (Wildman–Crippen LogP) is 2.95. The first-order valence-corrected chi connectivity index (χ1v) is 10.1. The Bertz CT molecular complexity index is 905. The number of hydrogen-bond acceptors (Lipinski definition) is 6. The number of rotatable bonds is 7. The Morgan fingerprint density at radius 3 is 2.90 bits per heavy atom. The second kappa shape index (κ2) is 8.84. The van der Waals surface area contributed by atoms with Crippen molar-refractivity contribution in [3.63, 3.8) is 0 Å². The van der Waals surface area contributed by atoms with Gasteiger partial charge in [-0.2, -0.15) is 0 Å². The highest BCUT2D eigenvalue weighted by atomic mass is 16.5. The fourth-order valence-electron chi connectivity index (χ4n) is 3.92. The first kappa shape index (κ1) is 19.7. The minimum atomic E-state index is -0.214. The van der Waals surface area contributed by atoms with Crippen molar-refractivity contribution in [1.82, 2.24) is 4.98 Å². The quantitative estimate of drug-likeness (QED) is 0.781. The van der Waals surface area contributed by atoms with E-state index in [2.05, 4.69) is 16.9 Å². The lowest BCUT2D eigenvalue weighted by atomic mass is 9.94. The zero-order chi connectivity index (χ0) is 20.2. The molecule has 1 N–H and O–H groups in total. The van der Waals surface area contributed by atoms with Crippen LogP contribution in [0.25, 0.3) is 0 Å². The van der Waals surface area contributed by atoms with Crippen molar-refractivity contribution < 1.29 is 19.4 Å². The van der Waals surface area contributed by atoms with Crippen molar-refractivity contribution in [2.75, 3.05) is 13.2 Å². The minimum absolute atomic E-state index is 0.00743. The Kier molecular flexibility index (Phi) is 6.02. The van der Waals surface area contributed by atoms with Crippen LogP contribution in [0.5, 0.6) is 0 Å². The molecule has 1 saturated heterocycles. The third-order valence-corrected chi connectivity index (χ3v) is 5.43. The van der Waals surface area contributed by atoms with Crippen LogP contribution >= 0.6 is 0 Å². The second-order valence-electron chi connectivity index (χ2n) is 7.71. The van der Waals surface area contributed by atoms with Crippen molar-refractivity contribution in [3.8, 4) is 0 Å². The molecule has 2 atom stereocenters. The highest BCUT2D eigenvalue weighted by molar-refractivity contribution is 5.99. The molecular formula is C23H26N2O4. The molecule has 4 rings (SSSR count). The summed E-state index contributed by atoms with van der Waals surface area (Å²) in [6, 6.07) is 12.0. The molecule has 2 aromatic rings. The van der Waals surface area contributed by atoms with E-state index < -0.39 is 0 Å². The first-order chi connectivity index (χ1) is 14.1. The fraction of sp³-hybridized carbons (Fsp3) is 0.435. The SMILES string of the molecule is C[C@@H](CC(=O)Cc1cc2c(c(CO)n1)C(OC1CCOC1)=NC2)c1ccccc1. The third-order valence-electron chi connectivity index (χ3n) is 5.43. The van der Waals surface area contributed by atoms with Crippen molar-refractivity contribution in [3.05, 3.63) is 64.5 Å². The van der Waals surface area contributed by atoms with Crippen LogP contribution in [0.15, 0.2) is 41.4 Å². The molecule has 1 unspecified atom stereocenters. The molecule has 0 bridgehead atoms. The van der Waals surface area contributed by atoms with E-state index in [-0.39, 0.29) is 30.8 Å².